The minimum absolute atomic E-state index is 0.853. The zero-order valence-corrected chi connectivity index (χ0v) is 11.5. The molecule has 0 aliphatic rings. The van der Waals surface area contributed by atoms with Crippen LogP contribution in [0.4, 0.5) is 0 Å². The maximum atomic E-state index is 5.99. The van der Waals surface area contributed by atoms with Crippen LogP contribution < -0.4 is 5.32 Å². The third kappa shape index (κ3) is 2.74. The van der Waals surface area contributed by atoms with E-state index in [0.29, 0.717) is 0 Å². The van der Waals surface area contributed by atoms with Gasteiger partial charge < -0.3 is 9.73 Å². The van der Waals surface area contributed by atoms with E-state index in [4.69, 9.17) is 4.42 Å². The van der Waals surface area contributed by atoms with Gasteiger partial charge in [0.15, 0.2) is 0 Å². The number of nitrogens with one attached hydrogen (secondary N) is 1. The lowest BCUT2D eigenvalue weighted by molar-refractivity contribution is 0.298. The first-order chi connectivity index (χ1) is 8.76. The Balaban J connectivity index is 2.33. The number of fused-ring (bicyclic) bond motifs is 1. The largest absolute Gasteiger partial charge is 0.459 e. The van der Waals surface area contributed by atoms with E-state index in [0.717, 1.165) is 37.4 Å². The molecule has 2 aromatic rings. The van der Waals surface area contributed by atoms with Gasteiger partial charge in [-0.2, -0.15) is 0 Å². The second-order valence-corrected chi connectivity index (χ2v) is 4.77. The molecule has 0 bridgehead atoms. The average Bonchev–Trinajstić information content (AvgIpc) is 2.68. The van der Waals surface area contributed by atoms with Gasteiger partial charge in [-0.1, -0.05) is 25.1 Å². The van der Waals surface area contributed by atoms with E-state index in [9.17, 15) is 0 Å². The zero-order valence-electron chi connectivity index (χ0n) is 11.5. The molecular formula is C15H22N2O. The molecule has 0 amide bonds. The van der Waals surface area contributed by atoms with Crippen molar-refractivity contribution in [2.45, 2.75) is 26.4 Å². The van der Waals surface area contributed by atoms with Crippen LogP contribution in [-0.4, -0.2) is 25.5 Å². The summed E-state index contributed by atoms with van der Waals surface area (Å²) in [5.41, 5.74) is 2.28. The van der Waals surface area contributed by atoms with E-state index in [1.165, 1.54) is 10.9 Å². The van der Waals surface area contributed by atoms with Gasteiger partial charge in [-0.3, -0.25) is 4.90 Å². The summed E-state index contributed by atoms with van der Waals surface area (Å²) in [7, 11) is 4.11. The minimum Gasteiger partial charge on any atom is -0.459 e. The first kappa shape index (κ1) is 13.1. The summed E-state index contributed by atoms with van der Waals surface area (Å²) in [6.45, 7) is 5.02. The lowest BCUT2D eigenvalue weighted by Crippen LogP contribution is -2.19. The molecule has 0 saturated heterocycles. The van der Waals surface area contributed by atoms with Crippen LogP contribution in [0.15, 0.2) is 28.7 Å². The molecule has 0 aliphatic carbocycles. The molecule has 0 atom stereocenters. The van der Waals surface area contributed by atoms with Gasteiger partial charge in [0.1, 0.15) is 11.3 Å². The van der Waals surface area contributed by atoms with E-state index in [-0.39, 0.29) is 0 Å². The van der Waals surface area contributed by atoms with E-state index in [2.05, 4.69) is 36.3 Å². The first-order valence-electron chi connectivity index (χ1n) is 6.58. The molecule has 0 unspecified atom stereocenters. The van der Waals surface area contributed by atoms with Gasteiger partial charge in [-0.15, -0.1) is 0 Å². The lowest BCUT2D eigenvalue weighted by Gasteiger charge is -2.14. The van der Waals surface area contributed by atoms with Crippen LogP contribution in [0.2, 0.25) is 0 Å². The van der Waals surface area contributed by atoms with Crippen LogP contribution in [0.5, 0.6) is 0 Å². The predicted molar refractivity (Wildman–Crippen MR) is 75.6 cm³/mol. The summed E-state index contributed by atoms with van der Waals surface area (Å²) in [5, 5.41) is 4.46. The highest BCUT2D eigenvalue weighted by atomic mass is 16.3. The Morgan fingerprint density at radius 3 is 2.78 bits per heavy atom. The number of hydrogen-bond acceptors (Lipinski definition) is 3. The number of nitrogens with zero attached hydrogens (tertiary/aromatic N) is 1. The Kier molecular flexibility index (Phi) is 4.39. The molecule has 3 heteroatoms. The molecule has 3 nitrogen and oxygen atoms in total. The summed E-state index contributed by atoms with van der Waals surface area (Å²) < 4.78 is 5.99. The molecular weight excluding hydrogens is 224 g/mol. The Morgan fingerprint density at radius 2 is 2.06 bits per heavy atom. The normalized spacial score (nSPS) is 11.6. The third-order valence-corrected chi connectivity index (χ3v) is 3.15. The Bertz CT molecular complexity index is 504. The summed E-state index contributed by atoms with van der Waals surface area (Å²) >= 11 is 0. The molecule has 1 aromatic heterocycles. The van der Waals surface area contributed by atoms with Gasteiger partial charge in [0.05, 0.1) is 6.54 Å². The Morgan fingerprint density at radius 1 is 1.28 bits per heavy atom. The van der Waals surface area contributed by atoms with Crippen molar-refractivity contribution in [1.29, 1.82) is 0 Å². The third-order valence-electron chi connectivity index (χ3n) is 3.15. The fraction of sp³-hybridized carbons (Fsp3) is 0.467. The van der Waals surface area contributed by atoms with Crippen LogP contribution in [0.3, 0.4) is 0 Å². The molecule has 2 rings (SSSR count). The van der Waals surface area contributed by atoms with Crippen molar-refractivity contribution >= 4 is 11.0 Å². The van der Waals surface area contributed by atoms with Crippen LogP contribution in [0, 0.1) is 0 Å². The lowest BCUT2D eigenvalue weighted by atomic mass is 10.1. The summed E-state index contributed by atoms with van der Waals surface area (Å²) in [4.78, 5) is 2.30. The van der Waals surface area contributed by atoms with Gasteiger partial charge in [0.2, 0.25) is 0 Å². The topological polar surface area (TPSA) is 28.4 Å². The van der Waals surface area contributed by atoms with Gasteiger partial charge in [0.25, 0.3) is 0 Å². The average molecular weight is 246 g/mol. The van der Waals surface area contributed by atoms with Crippen LogP contribution in [-0.2, 0) is 13.1 Å². The SMILES string of the molecule is CCCN(C)Cc1oc2ccccc2c1CNC. The molecule has 98 valence electrons. The predicted octanol–water partition coefficient (Wildman–Crippen LogP) is 2.99. The highest BCUT2D eigenvalue weighted by molar-refractivity contribution is 5.82. The van der Waals surface area contributed by atoms with Crippen molar-refractivity contribution < 1.29 is 4.42 Å². The van der Waals surface area contributed by atoms with Crippen LogP contribution in [0.25, 0.3) is 11.0 Å². The van der Waals surface area contributed by atoms with Crippen molar-refractivity contribution in [3.63, 3.8) is 0 Å². The van der Waals surface area contributed by atoms with Crippen molar-refractivity contribution in [3.8, 4) is 0 Å². The summed E-state index contributed by atoms with van der Waals surface area (Å²) in [5.74, 6) is 1.08. The second kappa shape index (κ2) is 6.03. The maximum absolute atomic E-state index is 5.99. The molecule has 0 radical (unpaired) electrons. The van der Waals surface area contributed by atoms with Crippen molar-refractivity contribution in [1.82, 2.24) is 10.2 Å². The minimum atomic E-state index is 0.853. The first-order valence-corrected chi connectivity index (χ1v) is 6.58. The molecule has 1 aromatic carbocycles. The Hall–Kier alpha value is -1.32. The standard InChI is InChI=1S/C15H22N2O/c1-4-9-17(3)11-15-13(10-16-2)12-7-5-6-8-14(12)18-15/h5-8,16H,4,9-11H2,1-3H3. The number of rotatable bonds is 6. The van der Waals surface area contributed by atoms with Crippen molar-refractivity contribution in [2.24, 2.45) is 0 Å². The fourth-order valence-corrected chi connectivity index (χ4v) is 2.35. The quantitative estimate of drug-likeness (QED) is 0.849. The highest BCUT2D eigenvalue weighted by Gasteiger charge is 2.14. The summed E-state index contributed by atoms with van der Waals surface area (Å²) in [6, 6.07) is 8.26. The number of benzene rings is 1. The molecule has 0 fully saturated rings. The molecule has 0 aliphatic heterocycles. The van der Waals surface area contributed by atoms with Crippen molar-refractivity contribution in [2.75, 3.05) is 20.6 Å². The monoisotopic (exact) mass is 246 g/mol. The van der Waals surface area contributed by atoms with E-state index in [1.54, 1.807) is 0 Å². The number of para-hydroxylation sites is 1. The van der Waals surface area contributed by atoms with Gasteiger partial charge in [-0.05, 0) is 33.1 Å². The molecule has 1 heterocycles. The maximum Gasteiger partial charge on any atom is 0.134 e. The summed E-state index contributed by atoms with van der Waals surface area (Å²) in [6.07, 6.45) is 1.16. The molecule has 1 N–H and O–H groups in total. The van der Waals surface area contributed by atoms with E-state index in [1.807, 2.05) is 19.2 Å². The number of hydrogen-bond donors (Lipinski definition) is 1. The smallest absolute Gasteiger partial charge is 0.134 e. The zero-order chi connectivity index (χ0) is 13.0. The van der Waals surface area contributed by atoms with Gasteiger partial charge >= 0.3 is 0 Å². The second-order valence-electron chi connectivity index (χ2n) is 4.77. The van der Waals surface area contributed by atoms with Crippen LogP contribution >= 0.6 is 0 Å². The van der Waals surface area contributed by atoms with Crippen molar-refractivity contribution in [3.05, 3.63) is 35.6 Å². The molecule has 18 heavy (non-hydrogen) atoms. The number of furan rings is 1. The van der Waals surface area contributed by atoms with Gasteiger partial charge in [0, 0.05) is 17.5 Å². The molecule has 0 spiro atoms. The van der Waals surface area contributed by atoms with E-state index < -0.39 is 0 Å². The van der Waals surface area contributed by atoms with Crippen LogP contribution in [0.1, 0.15) is 24.7 Å². The Labute approximate surface area is 109 Å². The van der Waals surface area contributed by atoms with Gasteiger partial charge in [-0.25, -0.2) is 0 Å². The fourth-order valence-electron chi connectivity index (χ4n) is 2.35. The highest BCUT2D eigenvalue weighted by Crippen LogP contribution is 2.26. The van der Waals surface area contributed by atoms with E-state index >= 15 is 0 Å². The molecule has 0 saturated carbocycles.